The van der Waals surface area contributed by atoms with Gasteiger partial charge in [0, 0.05) is 59.5 Å². The van der Waals surface area contributed by atoms with Crippen LogP contribution in [0.1, 0.15) is 0 Å². The number of hydrogen-bond acceptors (Lipinski definition) is 8. The SMILES string of the molecule is COc1cc(F)cc(-c2cncc3[nH]c(-c4[nH]nc5ncc(-c6cncc(N7CC(N)C7)n6)cc45)cc23)c1. The van der Waals surface area contributed by atoms with E-state index in [1.807, 2.05) is 12.1 Å². The quantitative estimate of drug-likeness (QED) is 0.320. The molecule has 0 aliphatic carbocycles. The molecule has 38 heavy (non-hydrogen) atoms. The standard InChI is InChI=1S/C27H22FN9O/c1-38-18-3-14(2-16(28)5-18)21-8-30-10-24-19(21)6-22(33-24)26-20-4-15(7-32-27(20)36-35-26)23-9-31-11-25(34-23)37-12-17(29)13-37/h2-11,17,33H,12-13,29H2,1H3,(H,32,35,36). The summed E-state index contributed by atoms with van der Waals surface area (Å²) < 4.78 is 19.5. The second kappa shape index (κ2) is 8.60. The number of halogens is 1. The fraction of sp³-hybridized carbons (Fsp3) is 0.148. The molecule has 7 rings (SSSR count). The van der Waals surface area contributed by atoms with Gasteiger partial charge in [-0.15, -0.1) is 0 Å². The third-order valence-electron chi connectivity index (χ3n) is 6.79. The lowest BCUT2D eigenvalue weighted by Crippen LogP contribution is -2.56. The van der Waals surface area contributed by atoms with Gasteiger partial charge in [-0.3, -0.25) is 15.1 Å². The molecule has 188 valence electrons. The number of nitrogens with zero attached hydrogens (tertiary/aromatic N) is 6. The van der Waals surface area contributed by atoms with E-state index in [1.165, 1.54) is 19.2 Å². The Balaban J connectivity index is 1.30. The largest absolute Gasteiger partial charge is 0.497 e. The molecule has 0 amide bonds. The Morgan fingerprint density at radius 2 is 1.84 bits per heavy atom. The van der Waals surface area contributed by atoms with Crippen molar-refractivity contribution < 1.29 is 9.13 Å². The fourth-order valence-corrected chi connectivity index (χ4v) is 4.84. The van der Waals surface area contributed by atoms with Crippen molar-refractivity contribution in [1.29, 1.82) is 0 Å². The van der Waals surface area contributed by atoms with Crippen molar-refractivity contribution in [2.24, 2.45) is 5.73 Å². The molecular weight excluding hydrogens is 485 g/mol. The summed E-state index contributed by atoms with van der Waals surface area (Å²) in [7, 11) is 1.51. The number of anilines is 1. The van der Waals surface area contributed by atoms with Crippen LogP contribution in [0, 0.1) is 5.82 Å². The summed E-state index contributed by atoms with van der Waals surface area (Å²) in [5.74, 6) is 0.853. The van der Waals surface area contributed by atoms with Crippen LogP contribution in [0.15, 0.2) is 61.3 Å². The molecule has 1 aliphatic rings. The van der Waals surface area contributed by atoms with Crippen molar-refractivity contribution in [1.82, 2.24) is 35.1 Å². The van der Waals surface area contributed by atoms with E-state index < -0.39 is 0 Å². The number of fused-ring (bicyclic) bond motifs is 2. The number of aromatic nitrogens is 7. The minimum atomic E-state index is -0.380. The van der Waals surface area contributed by atoms with Gasteiger partial charge in [0.2, 0.25) is 0 Å². The smallest absolute Gasteiger partial charge is 0.181 e. The minimum absolute atomic E-state index is 0.168. The molecule has 0 unspecified atom stereocenters. The van der Waals surface area contributed by atoms with Gasteiger partial charge < -0.3 is 20.4 Å². The van der Waals surface area contributed by atoms with Gasteiger partial charge >= 0.3 is 0 Å². The highest BCUT2D eigenvalue weighted by Crippen LogP contribution is 2.35. The predicted octanol–water partition coefficient (Wildman–Crippen LogP) is 3.92. The van der Waals surface area contributed by atoms with Crippen molar-refractivity contribution in [2.75, 3.05) is 25.1 Å². The molecule has 10 nitrogen and oxygen atoms in total. The number of ether oxygens (including phenoxy) is 1. The highest BCUT2D eigenvalue weighted by molar-refractivity contribution is 6.00. The van der Waals surface area contributed by atoms with E-state index in [0.29, 0.717) is 22.7 Å². The van der Waals surface area contributed by atoms with E-state index in [0.717, 1.165) is 57.7 Å². The summed E-state index contributed by atoms with van der Waals surface area (Å²) in [6, 6.07) is 8.77. The number of benzene rings is 1. The number of pyridine rings is 2. The van der Waals surface area contributed by atoms with E-state index in [-0.39, 0.29) is 11.9 Å². The van der Waals surface area contributed by atoms with Gasteiger partial charge in [0.15, 0.2) is 5.65 Å². The molecule has 11 heteroatoms. The Morgan fingerprint density at radius 3 is 2.68 bits per heavy atom. The topological polar surface area (TPSA) is 135 Å². The zero-order chi connectivity index (χ0) is 25.8. The summed E-state index contributed by atoms with van der Waals surface area (Å²) in [6.45, 7) is 1.53. The van der Waals surface area contributed by atoms with Gasteiger partial charge in [-0.25, -0.2) is 14.4 Å². The third kappa shape index (κ3) is 3.71. The summed E-state index contributed by atoms with van der Waals surface area (Å²) in [5, 5.41) is 9.22. The lowest BCUT2D eigenvalue weighted by atomic mass is 10.0. The Bertz CT molecular complexity index is 1820. The predicted molar refractivity (Wildman–Crippen MR) is 142 cm³/mol. The van der Waals surface area contributed by atoms with Crippen LogP contribution in [0.2, 0.25) is 0 Å². The molecule has 0 bridgehead atoms. The molecule has 0 saturated carbocycles. The molecule has 0 spiro atoms. The van der Waals surface area contributed by atoms with E-state index in [4.69, 9.17) is 15.5 Å². The average Bonchev–Trinajstić information content (AvgIpc) is 3.54. The Kier molecular flexibility index (Phi) is 5.05. The molecule has 4 N–H and O–H groups in total. The van der Waals surface area contributed by atoms with Gasteiger partial charge in [-0.1, -0.05) is 0 Å². The molecule has 1 aromatic carbocycles. The first-order valence-electron chi connectivity index (χ1n) is 12.0. The normalized spacial score (nSPS) is 13.8. The van der Waals surface area contributed by atoms with Crippen molar-refractivity contribution in [2.45, 2.75) is 6.04 Å². The second-order valence-electron chi connectivity index (χ2n) is 9.33. The van der Waals surface area contributed by atoms with E-state index in [1.54, 1.807) is 37.1 Å². The van der Waals surface area contributed by atoms with Crippen molar-refractivity contribution in [3.63, 3.8) is 0 Å². The Hall–Kier alpha value is -4.90. The summed E-state index contributed by atoms with van der Waals surface area (Å²) >= 11 is 0. The van der Waals surface area contributed by atoms with Crippen LogP contribution in [0.5, 0.6) is 5.75 Å². The summed E-state index contributed by atoms with van der Waals surface area (Å²) in [4.78, 5) is 23.6. The van der Waals surface area contributed by atoms with Gasteiger partial charge in [0.25, 0.3) is 0 Å². The van der Waals surface area contributed by atoms with Crippen LogP contribution in [-0.4, -0.2) is 61.4 Å². The minimum Gasteiger partial charge on any atom is -0.497 e. The number of aromatic amines is 2. The first kappa shape index (κ1) is 22.3. The van der Waals surface area contributed by atoms with Crippen molar-refractivity contribution in [3.8, 4) is 39.5 Å². The summed E-state index contributed by atoms with van der Waals surface area (Å²) in [6.07, 6.45) is 8.67. The second-order valence-corrected chi connectivity index (χ2v) is 9.33. The molecule has 1 saturated heterocycles. The molecule has 1 aliphatic heterocycles. The lowest BCUT2D eigenvalue weighted by Gasteiger charge is -2.37. The number of nitrogens with one attached hydrogen (secondary N) is 2. The summed E-state index contributed by atoms with van der Waals surface area (Å²) in [5.41, 5.74) is 11.9. The molecule has 6 aromatic rings. The Labute approximate surface area is 215 Å². The van der Waals surface area contributed by atoms with Crippen LogP contribution in [0.3, 0.4) is 0 Å². The monoisotopic (exact) mass is 507 g/mol. The average molecular weight is 508 g/mol. The van der Waals surface area contributed by atoms with Crippen molar-refractivity contribution >= 4 is 27.8 Å². The fourth-order valence-electron chi connectivity index (χ4n) is 4.84. The first-order chi connectivity index (χ1) is 18.6. The van der Waals surface area contributed by atoms with Gasteiger partial charge in [0.1, 0.15) is 17.4 Å². The van der Waals surface area contributed by atoms with E-state index in [2.05, 4.69) is 35.0 Å². The van der Waals surface area contributed by atoms with Gasteiger partial charge in [-0.05, 0) is 29.8 Å². The number of methoxy groups -OCH3 is 1. The highest BCUT2D eigenvalue weighted by Gasteiger charge is 2.25. The zero-order valence-corrected chi connectivity index (χ0v) is 20.3. The lowest BCUT2D eigenvalue weighted by molar-refractivity contribution is 0.411. The Morgan fingerprint density at radius 1 is 0.974 bits per heavy atom. The number of rotatable bonds is 5. The van der Waals surface area contributed by atoms with Gasteiger partial charge in [0.05, 0.1) is 48.3 Å². The number of hydrogen-bond donors (Lipinski definition) is 3. The third-order valence-corrected chi connectivity index (χ3v) is 6.79. The van der Waals surface area contributed by atoms with E-state index >= 15 is 0 Å². The zero-order valence-electron chi connectivity index (χ0n) is 20.3. The van der Waals surface area contributed by atoms with Crippen LogP contribution < -0.4 is 15.4 Å². The molecular formula is C27H22FN9O. The molecule has 0 radical (unpaired) electrons. The van der Waals surface area contributed by atoms with Crippen molar-refractivity contribution in [3.05, 3.63) is 67.1 Å². The van der Waals surface area contributed by atoms with Crippen LogP contribution in [0.4, 0.5) is 10.2 Å². The molecule has 0 atom stereocenters. The van der Waals surface area contributed by atoms with E-state index in [9.17, 15) is 4.39 Å². The van der Waals surface area contributed by atoms with Crippen LogP contribution in [0.25, 0.3) is 55.7 Å². The molecule has 5 aromatic heterocycles. The first-order valence-corrected chi connectivity index (χ1v) is 12.0. The van der Waals surface area contributed by atoms with Gasteiger partial charge in [-0.2, -0.15) is 5.10 Å². The van der Waals surface area contributed by atoms with Crippen LogP contribution >= 0.6 is 0 Å². The number of nitrogens with two attached hydrogens (primary N) is 1. The van der Waals surface area contributed by atoms with Crippen LogP contribution in [-0.2, 0) is 0 Å². The highest BCUT2D eigenvalue weighted by atomic mass is 19.1. The maximum absolute atomic E-state index is 14.2. The maximum Gasteiger partial charge on any atom is 0.181 e. The molecule has 1 fully saturated rings. The maximum atomic E-state index is 14.2. The molecule has 6 heterocycles. The number of H-pyrrole nitrogens is 2.